The van der Waals surface area contributed by atoms with E-state index in [0.717, 1.165) is 61.4 Å². The minimum atomic E-state index is -4.09. The standard InChI is InChI=1S/C28H34N4O5S/c1-28(2,9-14-33)31-38(34,35)26(20-29)19-25-7-8-27(37-25)23-4-3-22-18-24(6-5-21(22)17-23)30-10-11-32-12-15-36-16-13-32/h3-8,17-19,30-31,33H,9-16H2,1-2H3/b26-19+. The lowest BCUT2D eigenvalue weighted by Gasteiger charge is -2.26. The maximum Gasteiger partial charge on any atom is 0.251 e. The number of allylic oxidation sites excluding steroid dienone is 1. The normalized spacial score (nSPS) is 15.5. The van der Waals surface area contributed by atoms with Gasteiger partial charge in [-0.25, -0.2) is 13.1 Å². The summed E-state index contributed by atoms with van der Waals surface area (Å²) in [4.78, 5) is 1.93. The van der Waals surface area contributed by atoms with Crippen molar-refractivity contribution in [3.8, 4) is 17.4 Å². The highest BCUT2D eigenvalue weighted by Gasteiger charge is 2.28. The molecule has 0 atom stereocenters. The summed E-state index contributed by atoms with van der Waals surface area (Å²) >= 11 is 0. The maximum absolute atomic E-state index is 12.7. The second-order valence-electron chi connectivity index (χ2n) is 9.94. The topological polar surface area (TPSA) is 128 Å². The first-order valence-corrected chi connectivity index (χ1v) is 14.1. The van der Waals surface area contributed by atoms with Crippen molar-refractivity contribution in [2.75, 3.05) is 51.3 Å². The molecule has 9 nitrogen and oxygen atoms in total. The van der Waals surface area contributed by atoms with Gasteiger partial charge in [-0.2, -0.15) is 5.26 Å². The summed E-state index contributed by atoms with van der Waals surface area (Å²) < 4.78 is 39.2. The summed E-state index contributed by atoms with van der Waals surface area (Å²) in [5.41, 5.74) is 1.000. The Morgan fingerprint density at radius 3 is 2.61 bits per heavy atom. The van der Waals surface area contributed by atoms with Crippen molar-refractivity contribution in [3.63, 3.8) is 0 Å². The van der Waals surface area contributed by atoms with Crippen LogP contribution in [0.15, 0.2) is 57.9 Å². The molecular weight excluding hydrogens is 504 g/mol. The summed E-state index contributed by atoms with van der Waals surface area (Å²) in [6.07, 6.45) is 1.42. The van der Waals surface area contributed by atoms with Gasteiger partial charge in [-0.1, -0.05) is 18.2 Å². The molecule has 0 saturated carbocycles. The Hall–Kier alpha value is -3.20. The molecule has 0 radical (unpaired) electrons. The van der Waals surface area contributed by atoms with Crippen LogP contribution in [0.1, 0.15) is 26.0 Å². The van der Waals surface area contributed by atoms with Crippen LogP contribution in [0.4, 0.5) is 5.69 Å². The van der Waals surface area contributed by atoms with Crippen LogP contribution in [0.2, 0.25) is 0 Å². The van der Waals surface area contributed by atoms with Crippen LogP contribution in [-0.4, -0.2) is 70.0 Å². The first-order chi connectivity index (χ1) is 18.2. The fourth-order valence-electron chi connectivity index (χ4n) is 4.33. The Balaban J connectivity index is 1.45. The van der Waals surface area contributed by atoms with Crippen LogP contribution in [0.5, 0.6) is 0 Å². The zero-order valence-corrected chi connectivity index (χ0v) is 22.6. The molecule has 1 aromatic heterocycles. The lowest BCUT2D eigenvalue weighted by atomic mass is 10.0. The Bertz CT molecular complexity index is 1430. The zero-order valence-electron chi connectivity index (χ0n) is 21.7. The fraction of sp³-hybridized carbons (Fsp3) is 0.393. The molecule has 3 N–H and O–H groups in total. The summed E-state index contributed by atoms with van der Waals surface area (Å²) in [6, 6.07) is 17.3. The smallest absolute Gasteiger partial charge is 0.251 e. The number of hydrogen-bond acceptors (Lipinski definition) is 8. The summed E-state index contributed by atoms with van der Waals surface area (Å²) in [5, 5.41) is 24.3. The second kappa shape index (κ2) is 12.1. The Morgan fingerprint density at radius 1 is 1.13 bits per heavy atom. The fourth-order valence-corrected chi connectivity index (χ4v) is 5.66. The molecule has 1 aliphatic rings. The van der Waals surface area contributed by atoms with Crippen molar-refractivity contribution in [3.05, 3.63) is 59.2 Å². The van der Waals surface area contributed by atoms with Gasteiger partial charge in [-0.15, -0.1) is 0 Å². The molecule has 0 amide bonds. The number of aliphatic hydroxyl groups excluding tert-OH is 1. The number of nitriles is 1. The molecule has 0 unspecified atom stereocenters. The van der Waals surface area contributed by atoms with E-state index < -0.39 is 20.5 Å². The number of nitrogens with one attached hydrogen (secondary N) is 2. The van der Waals surface area contributed by atoms with Gasteiger partial charge in [0.1, 0.15) is 17.6 Å². The molecule has 2 aromatic carbocycles. The SMILES string of the molecule is CC(C)(CCO)NS(=O)(=O)/C(C#N)=C/c1ccc(-c2ccc3cc(NCCN4CCOCC4)ccc3c2)o1. The Morgan fingerprint density at radius 2 is 1.87 bits per heavy atom. The number of benzene rings is 2. The van der Waals surface area contributed by atoms with Crippen LogP contribution in [-0.2, 0) is 14.8 Å². The number of aliphatic hydroxyl groups is 1. The first kappa shape index (κ1) is 27.8. The van der Waals surface area contributed by atoms with Crippen LogP contribution in [0, 0.1) is 11.3 Å². The average Bonchev–Trinajstić information content (AvgIpc) is 3.35. The number of rotatable bonds is 11. The first-order valence-electron chi connectivity index (χ1n) is 12.6. The third-order valence-electron chi connectivity index (χ3n) is 6.43. The number of hydrogen-bond donors (Lipinski definition) is 3. The summed E-state index contributed by atoms with van der Waals surface area (Å²) in [6.45, 7) is 8.48. The van der Waals surface area contributed by atoms with E-state index in [-0.39, 0.29) is 18.8 Å². The molecule has 1 aliphatic heterocycles. The molecule has 3 aromatic rings. The predicted octanol–water partition coefficient (Wildman–Crippen LogP) is 3.79. The third kappa shape index (κ3) is 7.22. The molecule has 10 heteroatoms. The summed E-state index contributed by atoms with van der Waals surface area (Å²) in [5.74, 6) is 0.816. The highest BCUT2D eigenvalue weighted by molar-refractivity contribution is 7.93. The third-order valence-corrected chi connectivity index (χ3v) is 8.04. The summed E-state index contributed by atoms with van der Waals surface area (Å²) in [7, 11) is -4.09. The minimum Gasteiger partial charge on any atom is -0.457 e. The van der Waals surface area contributed by atoms with Gasteiger partial charge in [0.05, 0.1) is 13.2 Å². The number of sulfonamides is 1. The minimum absolute atomic E-state index is 0.179. The number of anilines is 1. The van der Waals surface area contributed by atoms with Gasteiger partial charge in [0.15, 0.2) is 4.91 Å². The number of ether oxygens (including phenoxy) is 1. The lowest BCUT2D eigenvalue weighted by molar-refractivity contribution is 0.0398. The van der Waals surface area contributed by atoms with Gasteiger partial charge in [-0.3, -0.25) is 4.90 Å². The van der Waals surface area contributed by atoms with Gasteiger partial charge >= 0.3 is 0 Å². The molecule has 38 heavy (non-hydrogen) atoms. The van der Waals surface area contributed by atoms with E-state index in [4.69, 9.17) is 14.3 Å². The zero-order chi connectivity index (χ0) is 27.2. The second-order valence-corrected chi connectivity index (χ2v) is 11.6. The molecular formula is C28H34N4O5S. The van der Waals surface area contributed by atoms with Crippen molar-refractivity contribution < 1.29 is 22.7 Å². The highest BCUT2D eigenvalue weighted by Crippen LogP contribution is 2.29. The number of furan rings is 1. The average molecular weight is 539 g/mol. The van der Waals surface area contributed by atoms with E-state index in [1.807, 2.05) is 18.2 Å². The number of nitrogens with zero attached hydrogens (tertiary/aromatic N) is 2. The monoisotopic (exact) mass is 538 g/mol. The Labute approximate surface area is 223 Å². The van der Waals surface area contributed by atoms with Crippen molar-refractivity contribution >= 4 is 32.6 Å². The van der Waals surface area contributed by atoms with Crippen LogP contribution < -0.4 is 10.0 Å². The van der Waals surface area contributed by atoms with E-state index in [9.17, 15) is 13.7 Å². The number of morpholine rings is 1. The predicted molar refractivity (Wildman–Crippen MR) is 149 cm³/mol. The number of fused-ring (bicyclic) bond motifs is 1. The van der Waals surface area contributed by atoms with E-state index in [1.165, 1.54) is 6.08 Å². The van der Waals surface area contributed by atoms with Gasteiger partial charge in [0, 0.05) is 55.7 Å². The lowest BCUT2D eigenvalue weighted by Crippen LogP contribution is -2.44. The molecule has 202 valence electrons. The van der Waals surface area contributed by atoms with E-state index >= 15 is 0 Å². The van der Waals surface area contributed by atoms with Gasteiger partial charge in [-0.05, 0) is 61.4 Å². The Kier molecular flexibility index (Phi) is 8.87. The van der Waals surface area contributed by atoms with Crippen molar-refractivity contribution in [2.24, 2.45) is 0 Å². The van der Waals surface area contributed by atoms with Crippen molar-refractivity contribution in [1.82, 2.24) is 9.62 Å². The molecule has 0 aliphatic carbocycles. The van der Waals surface area contributed by atoms with E-state index in [1.54, 1.807) is 32.0 Å². The van der Waals surface area contributed by atoms with E-state index in [2.05, 4.69) is 33.1 Å². The molecule has 2 heterocycles. The van der Waals surface area contributed by atoms with Crippen molar-refractivity contribution in [1.29, 1.82) is 5.26 Å². The maximum atomic E-state index is 12.7. The molecule has 4 rings (SSSR count). The van der Waals surface area contributed by atoms with Crippen LogP contribution in [0.3, 0.4) is 0 Å². The van der Waals surface area contributed by atoms with Gasteiger partial charge in [0.25, 0.3) is 10.0 Å². The quantitative estimate of drug-likeness (QED) is 0.315. The molecule has 0 spiro atoms. The van der Waals surface area contributed by atoms with Crippen molar-refractivity contribution in [2.45, 2.75) is 25.8 Å². The highest BCUT2D eigenvalue weighted by atomic mass is 32.2. The van der Waals surface area contributed by atoms with Gasteiger partial charge < -0.3 is 19.6 Å². The molecule has 1 saturated heterocycles. The largest absolute Gasteiger partial charge is 0.457 e. The molecule has 1 fully saturated rings. The van der Waals surface area contributed by atoms with E-state index in [0.29, 0.717) is 5.76 Å². The molecule has 0 bridgehead atoms. The van der Waals surface area contributed by atoms with Gasteiger partial charge in [0.2, 0.25) is 0 Å². The van der Waals surface area contributed by atoms with Crippen LogP contribution in [0.25, 0.3) is 28.2 Å². The van der Waals surface area contributed by atoms with Crippen LogP contribution >= 0.6 is 0 Å².